The van der Waals surface area contributed by atoms with Crippen LogP contribution in [0.3, 0.4) is 0 Å². The molecule has 1 atom stereocenters. The van der Waals surface area contributed by atoms with E-state index in [1.807, 2.05) is 0 Å². The van der Waals surface area contributed by atoms with Crippen molar-refractivity contribution in [3.05, 3.63) is 4.88 Å². The molecule has 0 saturated carbocycles. The Bertz CT molecular complexity index is 479. The van der Waals surface area contributed by atoms with Gasteiger partial charge in [0, 0.05) is 25.7 Å². The number of rotatable bonds is 6. The summed E-state index contributed by atoms with van der Waals surface area (Å²) in [5.41, 5.74) is 11.9. The SMILES string of the molecule is CSCCCNC(=O)c1sc(N2CCCC(N)C2)nc1N. The lowest BCUT2D eigenvalue weighted by Gasteiger charge is -2.30. The van der Waals surface area contributed by atoms with Crippen LogP contribution in [0.15, 0.2) is 0 Å². The van der Waals surface area contributed by atoms with Crippen molar-refractivity contribution in [3.63, 3.8) is 0 Å². The van der Waals surface area contributed by atoms with E-state index in [0.29, 0.717) is 17.2 Å². The molecule has 118 valence electrons. The molecule has 1 aliphatic rings. The van der Waals surface area contributed by atoms with E-state index in [1.54, 1.807) is 11.8 Å². The molecule has 8 heteroatoms. The molecule has 0 bridgehead atoms. The summed E-state index contributed by atoms with van der Waals surface area (Å²) in [5, 5.41) is 3.70. The molecule has 1 amide bonds. The van der Waals surface area contributed by atoms with Crippen LogP contribution in [-0.2, 0) is 0 Å². The zero-order chi connectivity index (χ0) is 15.2. The van der Waals surface area contributed by atoms with E-state index in [-0.39, 0.29) is 11.9 Å². The molecule has 6 nitrogen and oxygen atoms in total. The van der Waals surface area contributed by atoms with Gasteiger partial charge in [0.15, 0.2) is 5.13 Å². The Morgan fingerprint density at radius 2 is 2.43 bits per heavy atom. The minimum atomic E-state index is -0.126. The standard InChI is InChI=1S/C13H23N5OS2/c1-20-7-3-5-16-12(19)10-11(15)17-13(21-10)18-6-2-4-9(14)8-18/h9H,2-8,14-15H2,1H3,(H,16,19). The summed E-state index contributed by atoms with van der Waals surface area (Å²) in [6, 6.07) is 0.174. The van der Waals surface area contributed by atoms with Gasteiger partial charge in [0.05, 0.1) is 0 Å². The Morgan fingerprint density at radius 3 is 3.14 bits per heavy atom. The molecular weight excluding hydrogens is 306 g/mol. The van der Waals surface area contributed by atoms with Gasteiger partial charge in [-0.05, 0) is 31.3 Å². The van der Waals surface area contributed by atoms with Gasteiger partial charge in [0.1, 0.15) is 10.7 Å². The van der Waals surface area contributed by atoms with E-state index < -0.39 is 0 Å². The average molecular weight is 329 g/mol. The number of nitrogen functional groups attached to an aromatic ring is 1. The molecule has 1 unspecified atom stereocenters. The lowest BCUT2D eigenvalue weighted by atomic mass is 10.1. The molecular formula is C13H23N5OS2. The van der Waals surface area contributed by atoms with Crippen LogP contribution in [0.4, 0.5) is 10.9 Å². The Labute approximate surface area is 133 Å². The Kier molecular flexibility index (Phi) is 6.13. The normalized spacial score (nSPS) is 18.8. The molecule has 21 heavy (non-hydrogen) atoms. The second-order valence-electron chi connectivity index (χ2n) is 5.16. The van der Waals surface area contributed by atoms with Crippen LogP contribution in [0.25, 0.3) is 0 Å². The fourth-order valence-electron chi connectivity index (χ4n) is 2.30. The predicted octanol–water partition coefficient (Wildman–Crippen LogP) is 1.14. The van der Waals surface area contributed by atoms with Crippen molar-refractivity contribution in [1.29, 1.82) is 0 Å². The number of carbonyl (C=O) groups is 1. The third kappa shape index (κ3) is 4.49. The predicted molar refractivity (Wildman–Crippen MR) is 91.3 cm³/mol. The van der Waals surface area contributed by atoms with Gasteiger partial charge in [-0.2, -0.15) is 11.8 Å². The van der Waals surface area contributed by atoms with E-state index >= 15 is 0 Å². The highest BCUT2D eigenvalue weighted by atomic mass is 32.2. The first-order valence-electron chi connectivity index (χ1n) is 7.15. The quantitative estimate of drug-likeness (QED) is 0.677. The molecule has 1 saturated heterocycles. The molecule has 5 N–H and O–H groups in total. The number of aromatic nitrogens is 1. The number of thioether (sulfide) groups is 1. The highest BCUT2D eigenvalue weighted by Crippen LogP contribution is 2.29. The maximum Gasteiger partial charge on any atom is 0.265 e. The highest BCUT2D eigenvalue weighted by molar-refractivity contribution is 7.98. The summed E-state index contributed by atoms with van der Waals surface area (Å²) >= 11 is 3.13. The molecule has 0 radical (unpaired) electrons. The molecule has 0 aliphatic carbocycles. The van der Waals surface area contributed by atoms with Crippen LogP contribution in [-0.4, -0.2) is 48.6 Å². The van der Waals surface area contributed by atoms with Crippen LogP contribution >= 0.6 is 23.1 Å². The lowest BCUT2D eigenvalue weighted by Crippen LogP contribution is -2.42. The number of nitrogens with two attached hydrogens (primary N) is 2. The zero-order valence-corrected chi connectivity index (χ0v) is 13.9. The summed E-state index contributed by atoms with van der Waals surface area (Å²) in [5.74, 6) is 1.23. The molecule has 2 rings (SSSR count). The fourth-order valence-corrected chi connectivity index (χ4v) is 3.67. The molecule has 2 heterocycles. The Morgan fingerprint density at radius 1 is 1.62 bits per heavy atom. The van der Waals surface area contributed by atoms with Gasteiger partial charge in [-0.15, -0.1) is 0 Å². The van der Waals surface area contributed by atoms with Crippen molar-refractivity contribution in [1.82, 2.24) is 10.3 Å². The Balaban J connectivity index is 1.96. The minimum absolute atomic E-state index is 0.126. The number of hydrogen-bond donors (Lipinski definition) is 3. The largest absolute Gasteiger partial charge is 0.382 e. The van der Waals surface area contributed by atoms with Crippen LogP contribution in [0.2, 0.25) is 0 Å². The van der Waals surface area contributed by atoms with Gasteiger partial charge < -0.3 is 21.7 Å². The van der Waals surface area contributed by atoms with Gasteiger partial charge in [-0.1, -0.05) is 11.3 Å². The number of amides is 1. The van der Waals surface area contributed by atoms with Gasteiger partial charge in [-0.25, -0.2) is 4.98 Å². The maximum absolute atomic E-state index is 12.1. The number of hydrogen-bond acceptors (Lipinski definition) is 7. The van der Waals surface area contributed by atoms with Crippen molar-refractivity contribution in [3.8, 4) is 0 Å². The first kappa shape index (κ1) is 16.4. The summed E-state index contributed by atoms with van der Waals surface area (Å²) in [7, 11) is 0. The number of piperidine rings is 1. The van der Waals surface area contributed by atoms with Gasteiger partial charge in [0.2, 0.25) is 0 Å². The Hall–Kier alpha value is -0.990. The number of anilines is 2. The first-order chi connectivity index (χ1) is 10.1. The number of nitrogens with zero attached hydrogens (tertiary/aromatic N) is 2. The second kappa shape index (κ2) is 7.86. The third-order valence-corrected chi connectivity index (χ3v) is 5.22. The van der Waals surface area contributed by atoms with Crippen molar-refractivity contribution < 1.29 is 4.79 Å². The lowest BCUT2D eigenvalue weighted by molar-refractivity contribution is 0.0958. The molecule has 1 aromatic heterocycles. The topological polar surface area (TPSA) is 97.3 Å². The van der Waals surface area contributed by atoms with Gasteiger partial charge in [0.25, 0.3) is 5.91 Å². The highest BCUT2D eigenvalue weighted by Gasteiger charge is 2.23. The van der Waals surface area contributed by atoms with Crippen molar-refractivity contribution in [2.75, 3.05) is 42.3 Å². The summed E-state index contributed by atoms with van der Waals surface area (Å²) in [6.45, 7) is 2.37. The molecule has 0 spiro atoms. The van der Waals surface area contributed by atoms with Crippen LogP contribution in [0.5, 0.6) is 0 Å². The molecule has 1 fully saturated rings. The fraction of sp³-hybridized carbons (Fsp3) is 0.692. The van der Waals surface area contributed by atoms with E-state index in [9.17, 15) is 4.79 Å². The van der Waals surface area contributed by atoms with Gasteiger partial charge >= 0.3 is 0 Å². The van der Waals surface area contributed by atoms with Crippen LogP contribution in [0.1, 0.15) is 28.9 Å². The van der Waals surface area contributed by atoms with Crippen LogP contribution < -0.4 is 21.7 Å². The molecule has 0 aromatic carbocycles. The molecule has 1 aromatic rings. The zero-order valence-electron chi connectivity index (χ0n) is 12.3. The number of carbonyl (C=O) groups excluding carboxylic acids is 1. The monoisotopic (exact) mass is 329 g/mol. The summed E-state index contributed by atoms with van der Waals surface area (Å²) in [6.07, 6.45) is 5.11. The van der Waals surface area contributed by atoms with Crippen molar-refractivity contribution in [2.24, 2.45) is 5.73 Å². The summed E-state index contributed by atoms with van der Waals surface area (Å²) in [4.78, 5) is 19.1. The third-order valence-electron chi connectivity index (χ3n) is 3.39. The van der Waals surface area contributed by atoms with E-state index in [2.05, 4.69) is 21.5 Å². The minimum Gasteiger partial charge on any atom is -0.382 e. The summed E-state index contributed by atoms with van der Waals surface area (Å²) < 4.78 is 0. The molecule has 1 aliphatic heterocycles. The van der Waals surface area contributed by atoms with Crippen molar-refractivity contribution in [2.45, 2.75) is 25.3 Å². The van der Waals surface area contributed by atoms with E-state index in [0.717, 1.165) is 43.2 Å². The van der Waals surface area contributed by atoms with Gasteiger partial charge in [-0.3, -0.25) is 4.79 Å². The van der Waals surface area contributed by atoms with E-state index in [4.69, 9.17) is 11.5 Å². The smallest absolute Gasteiger partial charge is 0.265 e. The maximum atomic E-state index is 12.1. The van der Waals surface area contributed by atoms with Crippen LogP contribution in [0, 0.1) is 0 Å². The average Bonchev–Trinajstić information content (AvgIpc) is 2.85. The number of nitrogens with one attached hydrogen (secondary N) is 1. The number of thiazole rings is 1. The first-order valence-corrected chi connectivity index (χ1v) is 9.36. The van der Waals surface area contributed by atoms with Crippen molar-refractivity contribution >= 4 is 40.0 Å². The van der Waals surface area contributed by atoms with E-state index in [1.165, 1.54) is 11.3 Å². The second-order valence-corrected chi connectivity index (χ2v) is 7.12.